The van der Waals surface area contributed by atoms with Gasteiger partial charge in [0.05, 0.1) is 23.8 Å². The second kappa shape index (κ2) is 8.01. The van der Waals surface area contributed by atoms with Crippen LogP contribution in [0.3, 0.4) is 0 Å². The van der Waals surface area contributed by atoms with Crippen LogP contribution in [0, 0.1) is 0 Å². The van der Waals surface area contributed by atoms with Crippen molar-refractivity contribution in [1.29, 1.82) is 0 Å². The molecule has 3 aromatic heterocycles. The van der Waals surface area contributed by atoms with E-state index in [9.17, 15) is 0 Å². The number of aromatic nitrogens is 4. The largest absolute Gasteiger partial charge is 0.436 e. The van der Waals surface area contributed by atoms with Crippen molar-refractivity contribution in [2.45, 2.75) is 25.3 Å². The minimum absolute atomic E-state index is 0.417. The minimum Gasteiger partial charge on any atom is -0.436 e. The Kier molecular flexibility index (Phi) is 5.12. The molecule has 0 atom stereocenters. The molecule has 1 fully saturated rings. The van der Waals surface area contributed by atoms with Crippen LogP contribution in [-0.2, 0) is 6.54 Å². The number of piperidine rings is 1. The Balaban J connectivity index is 1.36. The lowest BCUT2D eigenvalue weighted by molar-refractivity contribution is 0.201. The van der Waals surface area contributed by atoms with E-state index in [1.807, 2.05) is 36.7 Å². The summed E-state index contributed by atoms with van der Waals surface area (Å²) in [6.07, 6.45) is 10.9. The molecule has 3 aromatic rings. The highest BCUT2D eigenvalue weighted by Crippen LogP contribution is 2.28. The van der Waals surface area contributed by atoms with Gasteiger partial charge in [0.15, 0.2) is 0 Å². The summed E-state index contributed by atoms with van der Waals surface area (Å²) in [5, 5.41) is 0. The van der Waals surface area contributed by atoms with E-state index in [2.05, 4.69) is 30.9 Å². The fourth-order valence-electron chi connectivity index (χ4n) is 3.24. The molecular weight excluding hydrogens is 326 g/mol. The van der Waals surface area contributed by atoms with Crippen molar-refractivity contribution in [1.82, 2.24) is 24.8 Å². The predicted molar refractivity (Wildman–Crippen MR) is 97.8 cm³/mol. The van der Waals surface area contributed by atoms with Gasteiger partial charge in [-0.3, -0.25) is 19.9 Å². The summed E-state index contributed by atoms with van der Waals surface area (Å²) in [7, 11) is 0. The molecule has 132 valence electrons. The summed E-state index contributed by atoms with van der Waals surface area (Å²) in [6.45, 7) is 2.98. The second-order valence-corrected chi connectivity index (χ2v) is 6.44. The van der Waals surface area contributed by atoms with Gasteiger partial charge in [-0.2, -0.15) is 0 Å². The first kappa shape index (κ1) is 16.6. The van der Waals surface area contributed by atoms with Crippen LogP contribution in [0.1, 0.15) is 30.1 Å². The summed E-state index contributed by atoms with van der Waals surface area (Å²) in [6, 6.07) is 9.77. The van der Waals surface area contributed by atoms with Crippen LogP contribution in [0.15, 0.2) is 61.3 Å². The quantitative estimate of drug-likeness (QED) is 0.704. The van der Waals surface area contributed by atoms with Gasteiger partial charge in [-0.15, -0.1) is 0 Å². The van der Waals surface area contributed by atoms with Gasteiger partial charge in [-0.25, -0.2) is 4.98 Å². The minimum atomic E-state index is 0.417. The predicted octanol–water partition coefficient (Wildman–Crippen LogP) is 3.44. The van der Waals surface area contributed by atoms with Crippen LogP contribution >= 0.6 is 0 Å². The average Bonchev–Trinajstić information content (AvgIpc) is 2.70. The first-order valence-electron chi connectivity index (χ1n) is 8.89. The van der Waals surface area contributed by atoms with Crippen molar-refractivity contribution in [3.8, 4) is 11.6 Å². The number of pyridine rings is 2. The number of rotatable bonds is 5. The van der Waals surface area contributed by atoms with Gasteiger partial charge >= 0.3 is 0 Å². The van der Waals surface area contributed by atoms with E-state index in [4.69, 9.17) is 4.74 Å². The lowest BCUT2D eigenvalue weighted by Crippen LogP contribution is -2.33. The molecule has 0 amide bonds. The van der Waals surface area contributed by atoms with Gasteiger partial charge in [-0.05, 0) is 50.2 Å². The fourth-order valence-corrected chi connectivity index (χ4v) is 3.24. The molecule has 0 aromatic carbocycles. The molecule has 6 nitrogen and oxygen atoms in total. The van der Waals surface area contributed by atoms with Gasteiger partial charge in [0, 0.05) is 31.1 Å². The third-order valence-corrected chi connectivity index (χ3v) is 4.61. The Bertz CT molecular complexity index is 820. The average molecular weight is 347 g/mol. The van der Waals surface area contributed by atoms with E-state index in [1.165, 1.54) is 0 Å². The smallest absolute Gasteiger partial charge is 0.238 e. The van der Waals surface area contributed by atoms with E-state index in [0.717, 1.165) is 43.9 Å². The molecule has 4 heterocycles. The molecule has 0 bridgehead atoms. The Labute approximate surface area is 152 Å². The topological polar surface area (TPSA) is 64.0 Å². The molecule has 0 aliphatic carbocycles. The maximum atomic E-state index is 5.76. The molecule has 0 N–H and O–H groups in total. The van der Waals surface area contributed by atoms with Crippen LogP contribution in [0.2, 0.25) is 0 Å². The molecule has 0 radical (unpaired) electrons. The van der Waals surface area contributed by atoms with Crippen molar-refractivity contribution in [3.63, 3.8) is 0 Å². The normalized spacial score (nSPS) is 15.7. The highest BCUT2D eigenvalue weighted by atomic mass is 16.5. The van der Waals surface area contributed by atoms with E-state index in [-0.39, 0.29) is 0 Å². The summed E-state index contributed by atoms with van der Waals surface area (Å²) < 4.78 is 5.76. The Morgan fingerprint density at radius 3 is 2.65 bits per heavy atom. The van der Waals surface area contributed by atoms with E-state index >= 15 is 0 Å². The SMILES string of the molecule is c1ccc(CN2CCC(c3cncc(Oc4cccnc4)n3)CC2)nc1. The Morgan fingerprint density at radius 2 is 1.88 bits per heavy atom. The standard InChI is InChI=1S/C20H21N5O/c1-2-9-23-17(4-1)15-25-10-6-16(7-11-25)19-13-22-14-20(24-19)26-18-5-3-8-21-12-18/h1-5,8-9,12-14,16H,6-7,10-11,15H2. The second-order valence-electron chi connectivity index (χ2n) is 6.44. The van der Waals surface area contributed by atoms with Crippen LogP contribution in [0.5, 0.6) is 11.6 Å². The van der Waals surface area contributed by atoms with Crippen molar-refractivity contribution in [2.24, 2.45) is 0 Å². The Hall–Kier alpha value is -2.86. The summed E-state index contributed by atoms with van der Waals surface area (Å²) >= 11 is 0. The monoisotopic (exact) mass is 347 g/mol. The van der Waals surface area contributed by atoms with Gasteiger partial charge in [0.25, 0.3) is 0 Å². The molecule has 0 saturated carbocycles. The zero-order valence-electron chi connectivity index (χ0n) is 14.5. The maximum absolute atomic E-state index is 5.76. The number of hydrogen-bond acceptors (Lipinski definition) is 6. The van der Waals surface area contributed by atoms with E-state index in [1.54, 1.807) is 18.6 Å². The van der Waals surface area contributed by atoms with Crippen LogP contribution < -0.4 is 4.74 Å². The number of nitrogens with zero attached hydrogens (tertiary/aromatic N) is 5. The molecule has 6 heteroatoms. The van der Waals surface area contributed by atoms with Crippen molar-refractivity contribution >= 4 is 0 Å². The highest BCUT2D eigenvalue weighted by molar-refractivity contribution is 5.23. The van der Waals surface area contributed by atoms with E-state index < -0.39 is 0 Å². The van der Waals surface area contributed by atoms with Crippen LogP contribution in [-0.4, -0.2) is 37.9 Å². The lowest BCUT2D eigenvalue weighted by Gasteiger charge is -2.31. The summed E-state index contributed by atoms with van der Waals surface area (Å²) in [4.78, 5) is 19.9. The number of ether oxygens (including phenoxy) is 1. The van der Waals surface area contributed by atoms with Gasteiger partial charge in [-0.1, -0.05) is 6.07 Å². The number of hydrogen-bond donors (Lipinski definition) is 0. The van der Waals surface area contributed by atoms with Gasteiger partial charge in [0.2, 0.25) is 5.88 Å². The molecule has 0 spiro atoms. The van der Waals surface area contributed by atoms with Crippen molar-refractivity contribution in [2.75, 3.05) is 13.1 Å². The van der Waals surface area contributed by atoms with Crippen LogP contribution in [0.4, 0.5) is 0 Å². The fraction of sp³-hybridized carbons (Fsp3) is 0.300. The Morgan fingerprint density at radius 1 is 0.962 bits per heavy atom. The molecular formula is C20H21N5O. The van der Waals surface area contributed by atoms with Gasteiger partial charge in [0.1, 0.15) is 5.75 Å². The summed E-state index contributed by atoms with van der Waals surface area (Å²) in [5.41, 5.74) is 2.13. The molecule has 1 saturated heterocycles. The zero-order chi connectivity index (χ0) is 17.6. The van der Waals surface area contributed by atoms with Gasteiger partial charge < -0.3 is 4.74 Å². The molecule has 4 rings (SSSR count). The molecule has 1 aliphatic heterocycles. The summed E-state index contributed by atoms with van der Waals surface area (Å²) in [5.74, 6) is 1.61. The zero-order valence-corrected chi connectivity index (χ0v) is 14.5. The number of likely N-dealkylation sites (tertiary alicyclic amines) is 1. The van der Waals surface area contributed by atoms with E-state index in [0.29, 0.717) is 17.5 Å². The third kappa shape index (κ3) is 4.21. The third-order valence-electron chi connectivity index (χ3n) is 4.61. The lowest BCUT2D eigenvalue weighted by atomic mass is 9.93. The van der Waals surface area contributed by atoms with Crippen molar-refractivity contribution in [3.05, 3.63) is 72.7 Å². The maximum Gasteiger partial charge on any atom is 0.238 e. The van der Waals surface area contributed by atoms with Crippen LogP contribution in [0.25, 0.3) is 0 Å². The first-order chi connectivity index (χ1) is 12.9. The first-order valence-corrected chi connectivity index (χ1v) is 8.89. The molecule has 1 aliphatic rings. The molecule has 0 unspecified atom stereocenters. The van der Waals surface area contributed by atoms with Crippen molar-refractivity contribution < 1.29 is 4.74 Å². The highest BCUT2D eigenvalue weighted by Gasteiger charge is 2.22. The molecule has 26 heavy (non-hydrogen) atoms.